The Hall–Kier alpha value is -2.40. The molecule has 0 unspecified atom stereocenters. The van der Waals surface area contributed by atoms with Crippen molar-refractivity contribution in [2.24, 2.45) is 0 Å². The SMILES string of the molecule is Cc1cn[nH]c1NC(=O)c1cnc(Cl)c2ccccc12. The Morgan fingerprint density at radius 2 is 2.00 bits per heavy atom. The van der Waals surface area contributed by atoms with E-state index >= 15 is 0 Å². The molecule has 0 aliphatic carbocycles. The standard InChI is InChI=1S/C14H11ClN4O/c1-8-6-17-19-13(8)18-14(20)11-7-16-12(15)10-5-3-2-4-9(10)11/h2-7H,1H3,(H2,17,18,19,20). The molecule has 0 aliphatic heterocycles. The van der Waals surface area contributed by atoms with E-state index in [2.05, 4.69) is 20.5 Å². The number of aryl methyl sites for hydroxylation is 1. The van der Waals surface area contributed by atoms with E-state index in [9.17, 15) is 4.79 Å². The number of amides is 1. The van der Waals surface area contributed by atoms with E-state index < -0.39 is 0 Å². The summed E-state index contributed by atoms with van der Waals surface area (Å²) in [5.41, 5.74) is 1.34. The first kappa shape index (κ1) is 12.6. The lowest BCUT2D eigenvalue weighted by molar-refractivity contribution is 0.102. The average molecular weight is 287 g/mol. The van der Waals surface area contributed by atoms with Crippen LogP contribution < -0.4 is 5.32 Å². The highest BCUT2D eigenvalue weighted by Crippen LogP contribution is 2.24. The van der Waals surface area contributed by atoms with Gasteiger partial charge in [0.15, 0.2) is 0 Å². The van der Waals surface area contributed by atoms with Gasteiger partial charge in [-0.25, -0.2) is 4.98 Å². The van der Waals surface area contributed by atoms with Gasteiger partial charge in [0.1, 0.15) is 11.0 Å². The van der Waals surface area contributed by atoms with Crippen LogP contribution in [0.25, 0.3) is 10.8 Å². The van der Waals surface area contributed by atoms with Crippen LogP contribution in [0.5, 0.6) is 0 Å². The number of hydrogen-bond donors (Lipinski definition) is 2. The van der Waals surface area contributed by atoms with Crippen LogP contribution in [0, 0.1) is 6.92 Å². The minimum atomic E-state index is -0.252. The molecule has 0 radical (unpaired) electrons. The molecule has 0 spiro atoms. The van der Waals surface area contributed by atoms with E-state index in [0.29, 0.717) is 16.5 Å². The number of hydrogen-bond acceptors (Lipinski definition) is 3. The fourth-order valence-corrected chi connectivity index (χ4v) is 2.21. The zero-order valence-electron chi connectivity index (χ0n) is 10.6. The van der Waals surface area contributed by atoms with Gasteiger partial charge in [0, 0.05) is 17.1 Å². The number of rotatable bonds is 2. The number of aromatic amines is 1. The third kappa shape index (κ3) is 2.12. The van der Waals surface area contributed by atoms with Crippen LogP contribution in [0.3, 0.4) is 0 Å². The summed E-state index contributed by atoms with van der Waals surface area (Å²) in [4.78, 5) is 16.4. The highest BCUT2D eigenvalue weighted by molar-refractivity contribution is 6.35. The molecule has 5 nitrogen and oxygen atoms in total. The van der Waals surface area contributed by atoms with Crippen molar-refractivity contribution in [2.45, 2.75) is 6.92 Å². The molecule has 2 aromatic heterocycles. The van der Waals surface area contributed by atoms with Crippen molar-refractivity contribution in [3.8, 4) is 0 Å². The van der Waals surface area contributed by atoms with Crippen LogP contribution in [0.1, 0.15) is 15.9 Å². The van der Waals surface area contributed by atoms with Crippen LogP contribution in [-0.2, 0) is 0 Å². The number of anilines is 1. The molecule has 2 heterocycles. The molecule has 0 bridgehead atoms. The van der Waals surface area contributed by atoms with E-state index in [1.807, 2.05) is 31.2 Å². The molecule has 100 valence electrons. The fourth-order valence-electron chi connectivity index (χ4n) is 1.99. The Labute approximate surface area is 120 Å². The third-order valence-electron chi connectivity index (χ3n) is 3.06. The van der Waals surface area contributed by atoms with Crippen molar-refractivity contribution < 1.29 is 4.79 Å². The highest BCUT2D eigenvalue weighted by atomic mass is 35.5. The lowest BCUT2D eigenvalue weighted by Crippen LogP contribution is -2.14. The van der Waals surface area contributed by atoms with E-state index in [-0.39, 0.29) is 5.91 Å². The largest absolute Gasteiger partial charge is 0.307 e. The van der Waals surface area contributed by atoms with Gasteiger partial charge < -0.3 is 5.32 Å². The number of aromatic nitrogens is 3. The molecule has 2 N–H and O–H groups in total. The molecule has 6 heteroatoms. The quantitative estimate of drug-likeness (QED) is 0.711. The summed E-state index contributed by atoms with van der Waals surface area (Å²) in [7, 11) is 0. The zero-order chi connectivity index (χ0) is 14.1. The van der Waals surface area contributed by atoms with E-state index in [0.717, 1.165) is 16.3 Å². The first-order chi connectivity index (χ1) is 9.66. The van der Waals surface area contributed by atoms with Gasteiger partial charge in [-0.1, -0.05) is 35.9 Å². The second-order valence-corrected chi connectivity index (χ2v) is 4.75. The molecule has 0 saturated carbocycles. The summed E-state index contributed by atoms with van der Waals surface area (Å²) >= 11 is 6.04. The minimum absolute atomic E-state index is 0.252. The monoisotopic (exact) mass is 286 g/mol. The van der Waals surface area contributed by atoms with Crippen molar-refractivity contribution in [2.75, 3.05) is 5.32 Å². The van der Waals surface area contributed by atoms with Gasteiger partial charge in [0.05, 0.1) is 11.8 Å². The van der Waals surface area contributed by atoms with Gasteiger partial charge in [-0.3, -0.25) is 9.89 Å². The van der Waals surface area contributed by atoms with Crippen LogP contribution >= 0.6 is 11.6 Å². The topological polar surface area (TPSA) is 70.7 Å². The van der Waals surface area contributed by atoms with Gasteiger partial charge in [0.25, 0.3) is 5.91 Å². The van der Waals surface area contributed by atoms with Gasteiger partial charge in [-0.2, -0.15) is 5.10 Å². The lowest BCUT2D eigenvalue weighted by Gasteiger charge is -2.07. The molecule has 0 saturated heterocycles. The van der Waals surface area contributed by atoms with E-state index in [1.165, 1.54) is 6.20 Å². The lowest BCUT2D eigenvalue weighted by atomic mass is 10.1. The maximum absolute atomic E-state index is 12.3. The number of H-pyrrole nitrogens is 1. The molecule has 1 amide bonds. The predicted octanol–water partition coefficient (Wildman–Crippen LogP) is 3.17. The molecule has 0 fully saturated rings. The third-order valence-corrected chi connectivity index (χ3v) is 3.36. The number of nitrogens with zero attached hydrogens (tertiary/aromatic N) is 2. The van der Waals surface area contributed by atoms with Crippen molar-refractivity contribution in [1.29, 1.82) is 0 Å². The number of fused-ring (bicyclic) bond motifs is 1. The highest BCUT2D eigenvalue weighted by Gasteiger charge is 2.14. The number of halogens is 1. The zero-order valence-corrected chi connectivity index (χ0v) is 11.4. The van der Waals surface area contributed by atoms with Gasteiger partial charge in [-0.15, -0.1) is 0 Å². The Morgan fingerprint density at radius 3 is 2.70 bits per heavy atom. The van der Waals surface area contributed by atoms with Crippen LogP contribution in [0.4, 0.5) is 5.82 Å². The summed E-state index contributed by atoms with van der Waals surface area (Å²) in [6, 6.07) is 7.40. The molecule has 20 heavy (non-hydrogen) atoms. The van der Waals surface area contributed by atoms with Crippen molar-refractivity contribution in [1.82, 2.24) is 15.2 Å². The normalized spacial score (nSPS) is 10.7. The summed E-state index contributed by atoms with van der Waals surface area (Å²) < 4.78 is 0. The summed E-state index contributed by atoms with van der Waals surface area (Å²) in [5, 5.41) is 11.3. The number of pyridine rings is 1. The summed E-state index contributed by atoms with van der Waals surface area (Å²) in [5.74, 6) is 0.326. The second kappa shape index (κ2) is 4.94. The number of nitrogens with one attached hydrogen (secondary N) is 2. The molecule has 3 aromatic rings. The molecule has 0 atom stereocenters. The van der Waals surface area contributed by atoms with E-state index in [1.54, 1.807) is 6.20 Å². The Morgan fingerprint density at radius 1 is 1.25 bits per heavy atom. The van der Waals surface area contributed by atoms with Crippen molar-refractivity contribution in [3.05, 3.63) is 52.9 Å². The Bertz CT molecular complexity index is 797. The predicted molar refractivity (Wildman–Crippen MR) is 78.0 cm³/mol. The van der Waals surface area contributed by atoms with Gasteiger partial charge in [0.2, 0.25) is 0 Å². The fraction of sp³-hybridized carbons (Fsp3) is 0.0714. The molecular formula is C14H11ClN4O. The van der Waals surface area contributed by atoms with Crippen LogP contribution in [-0.4, -0.2) is 21.1 Å². The average Bonchev–Trinajstić information content (AvgIpc) is 2.85. The Balaban J connectivity index is 2.04. The van der Waals surface area contributed by atoms with Gasteiger partial charge >= 0.3 is 0 Å². The second-order valence-electron chi connectivity index (χ2n) is 4.39. The Kier molecular flexibility index (Phi) is 3.12. The summed E-state index contributed by atoms with van der Waals surface area (Å²) in [6.45, 7) is 1.86. The first-order valence-electron chi connectivity index (χ1n) is 6.01. The maximum Gasteiger partial charge on any atom is 0.259 e. The molecular weight excluding hydrogens is 276 g/mol. The molecule has 3 rings (SSSR count). The number of benzene rings is 1. The summed E-state index contributed by atoms with van der Waals surface area (Å²) in [6.07, 6.45) is 3.12. The van der Waals surface area contributed by atoms with Gasteiger partial charge in [-0.05, 0) is 12.3 Å². The van der Waals surface area contributed by atoms with Crippen molar-refractivity contribution >= 4 is 34.1 Å². The molecule has 1 aromatic carbocycles. The minimum Gasteiger partial charge on any atom is -0.307 e. The van der Waals surface area contributed by atoms with Crippen molar-refractivity contribution in [3.63, 3.8) is 0 Å². The number of carbonyl (C=O) groups is 1. The maximum atomic E-state index is 12.3. The van der Waals surface area contributed by atoms with Crippen LogP contribution in [0.2, 0.25) is 5.15 Å². The smallest absolute Gasteiger partial charge is 0.259 e. The number of carbonyl (C=O) groups excluding carboxylic acids is 1. The van der Waals surface area contributed by atoms with Crippen LogP contribution in [0.15, 0.2) is 36.7 Å². The first-order valence-corrected chi connectivity index (χ1v) is 6.39. The molecule has 0 aliphatic rings. The van der Waals surface area contributed by atoms with E-state index in [4.69, 9.17) is 11.6 Å².